The monoisotopic (exact) mass is 499 g/mol. The largest absolute Gasteiger partial charge is 0.497 e. The number of rotatable bonds is 10. The van der Waals surface area contributed by atoms with Crippen LogP contribution < -0.4 is 14.8 Å². The average Bonchev–Trinajstić information content (AvgIpc) is 3.25. The van der Waals surface area contributed by atoms with Crippen molar-refractivity contribution in [3.63, 3.8) is 0 Å². The number of aliphatic carboxylic acids is 1. The summed E-state index contributed by atoms with van der Waals surface area (Å²) in [5, 5.41) is 26.6. The molecular weight excluding hydrogens is 469 g/mol. The Morgan fingerprint density at radius 3 is 2.39 bits per heavy atom. The van der Waals surface area contributed by atoms with Crippen molar-refractivity contribution in [2.24, 2.45) is 5.41 Å². The van der Waals surface area contributed by atoms with Crippen LogP contribution in [0, 0.1) is 11.2 Å². The lowest BCUT2D eigenvalue weighted by Gasteiger charge is -2.25. The van der Waals surface area contributed by atoms with Gasteiger partial charge in [0.2, 0.25) is 5.88 Å². The van der Waals surface area contributed by atoms with Crippen molar-refractivity contribution < 1.29 is 33.7 Å². The molecule has 0 fully saturated rings. The Bertz CT molecular complexity index is 1200. The van der Waals surface area contributed by atoms with E-state index in [-0.39, 0.29) is 30.3 Å². The molecule has 0 bridgehead atoms. The summed E-state index contributed by atoms with van der Waals surface area (Å²) in [6.45, 7) is 5.42. The van der Waals surface area contributed by atoms with E-state index in [2.05, 4.69) is 10.4 Å². The molecule has 2 atom stereocenters. The molecule has 0 radical (unpaired) electrons. The number of carboxylic acids is 1. The Hall–Kier alpha value is -3.92. The number of para-hydroxylation sites is 1. The molecule has 36 heavy (non-hydrogen) atoms. The van der Waals surface area contributed by atoms with Gasteiger partial charge in [-0.15, -0.1) is 0 Å². The number of methoxy groups -OCH3 is 1. The number of hydrogen-bond donors (Lipinski definition) is 3. The van der Waals surface area contributed by atoms with Gasteiger partial charge in [0.25, 0.3) is 5.91 Å². The van der Waals surface area contributed by atoms with Crippen LogP contribution in [0.4, 0.5) is 4.39 Å². The van der Waals surface area contributed by atoms with Gasteiger partial charge in [0, 0.05) is 6.07 Å². The molecule has 0 spiro atoms. The van der Waals surface area contributed by atoms with E-state index in [9.17, 15) is 24.2 Å². The number of hydrogen-bond acceptors (Lipinski definition) is 6. The summed E-state index contributed by atoms with van der Waals surface area (Å²) in [5.74, 6) is -1.73. The normalized spacial score (nSPS) is 13.1. The summed E-state index contributed by atoms with van der Waals surface area (Å²) >= 11 is 0. The van der Waals surface area contributed by atoms with Crippen LogP contribution in [0.5, 0.6) is 11.6 Å². The second-order valence-electron chi connectivity index (χ2n) is 9.32. The highest BCUT2D eigenvalue weighted by Gasteiger charge is 2.26. The van der Waals surface area contributed by atoms with Crippen molar-refractivity contribution in [3.05, 3.63) is 71.7 Å². The van der Waals surface area contributed by atoms with E-state index in [4.69, 9.17) is 9.47 Å². The lowest BCUT2D eigenvalue weighted by molar-refractivity contribution is -0.137. The number of aliphatic hydroxyl groups excluding tert-OH is 1. The molecule has 3 rings (SSSR count). The number of halogens is 1. The minimum absolute atomic E-state index is 0.0489. The fourth-order valence-electron chi connectivity index (χ4n) is 3.28. The first-order chi connectivity index (χ1) is 17.0. The molecule has 0 aliphatic heterocycles. The molecule has 0 saturated carbocycles. The van der Waals surface area contributed by atoms with Crippen molar-refractivity contribution in [2.75, 3.05) is 13.7 Å². The highest BCUT2D eigenvalue weighted by Crippen LogP contribution is 2.26. The smallest absolute Gasteiger partial charge is 0.305 e. The van der Waals surface area contributed by atoms with Gasteiger partial charge in [-0.25, -0.2) is 4.39 Å². The lowest BCUT2D eigenvalue weighted by Crippen LogP contribution is -2.32. The highest BCUT2D eigenvalue weighted by atomic mass is 19.1. The van der Waals surface area contributed by atoms with E-state index in [1.807, 2.05) is 20.8 Å². The van der Waals surface area contributed by atoms with Gasteiger partial charge in [0.15, 0.2) is 5.69 Å². The van der Waals surface area contributed by atoms with Crippen LogP contribution in [-0.2, 0) is 4.79 Å². The third-order valence-electron chi connectivity index (χ3n) is 5.58. The zero-order valence-corrected chi connectivity index (χ0v) is 20.6. The maximum Gasteiger partial charge on any atom is 0.305 e. The topological polar surface area (TPSA) is 123 Å². The number of amides is 1. The second kappa shape index (κ2) is 11.2. The van der Waals surface area contributed by atoms with E-state index < -0.39 is 35.3 Å². The van der Waals surface area contributed by atoms with Gasteiger partial charge in [-0.1, -0.05) is 45.0 Å². The molecule has 2 unspecified atom stereocenters. The van der Waals surface area contributed by atoms with Crippen LogP contribution in [0.25, 0.3) is 5.69 Å². The van der Waals surface area contributed by atoms with Crippen molar-refractivity contribution in [1.29, 1.82) is 0 Å². The minimum Gasteiger partial charge on any atom is -0.497 e. The van der Waals surface area contributed by atoms with E-state index in [0.717, 1.165) is 4.68 Å². The number of carbonyl (C=O) groups is 2. The molecule has 10 heteroatoms. The molecular formula is C26H30FN3O6. The van der Waals surface area contributed by atoms with Crippen molar-refractivity contribution in [2.45, 2.75) is 39.3 Å². The first-order valence-electron chi connectivity index (χ1n) is 11.3. The summed E-state index contributed by atoms with van der Waals surface area (Å²) in [7, 11) is 1.51. The molecule has 1 aromatic heterocycles. The first kappa shape index (κ1) is 26.7. The average molecular weight is 500 g/mol. The summed E-state index contributed by atoms with van der Waals surface area (Å²) in [4.78, 5) is 24.6. The number of carboxylic acid groups (broad SMARTS) is 1. The maximum absolute atomic E-state index is 14.5. The van der Waals surface area contributed by atoms with Gasteiger partial charge in [-0.3, -0.25) is 9.59 Å². The number of benzene rings is 2. The van der Waals surface area contributed by atoms with Crippen LogP contribution in [0.1, 0.15) is 49.3 Å². The zero-order valence-electron chi connectivity index (χ0n) is 20.6. The molecule has 1 heterocycles. The van der Waals surface area contributed by atoms with Crippen LogP contribution in [0.3, 0.4) is 0 Å². The van der Waals surface area contributed by atoms with Gasteiger partial charge >= 0.3 is 5.97 Å². The predicted octanol–water partition coefficient (Wildman–Crippen LogP) is 3.75. The molecule has 192 valence electrons. The van der Waals surface area contributed by atoms with E-state index in [1.54, 1.807) is 30.3 Å². The third-order valence-corrected chi connectivity index (χ3v) is 5.58. The quantitative estimate of drug-likeness (QED) is 0.388. The summed E-state index contributed by atoms with van der Waals surface area (Å²) in [5.41, 5.74) is 0.0344. The Labute approximate surface area is 208 Å². The number of nitrogens with one attached hydrogen (secondary N) is 1. The molecule has 0 aliphatic rings. The van der Waals surface area contributed by atoms with Gasteiger partial charge < -0.3 is 25.0 Å². The van der Waals surface area contributed by atoms with E-state index in [1.165, 1.54) is 31.4 Å². The minimum atomic E-state index is -1.10. The second-order valence-corrected chi connectivity index (χ2v) is 9.32. The molecule has 0 saturated heterocycles. The summed E-state index contributed by atoms with van der Waals surface area (Å²) in [6, 6.07) is 13.0. The van der Waals surface area contributed by atoms with Gasteiger partial charge in [0.05, 0.1) is 25.7 Å². The number of aromatic nitrogens is 2. The van der Waals surface area contributed by atoms with Crippen molar-refractivity contribution in [1.82, 2.24) is 15.1 Å². The molecule has 1 amide bonds. The number of carbonyl (C=O) groups excluding carboxylic acids is 1. The molecule has 9 nitrogen and oxygen atoms in total. The van der Waals surface area contributed by atoms with E-state index >= 15 is 0 Å². The lowest BCUT2D eigenvalue weighted by atomic mass is 9.90. The Kier molecular flexibility index (Phi) is 8.31. The van der Waals surface area contributed by atoms with Crippen LogP contribution in [0.15, 0.2) is 54.6 Å². The highest BCUT2D eigenvalue weighted by molar-refractivity contribution is 5.93. The third kappa shape index (κ3) is 6.60. The van der Waals surface area contributed by atoms with Crippen LogP contribution in [0.2, 0.25) is 0 Å². The van der Waals surface area contributed by atoms with Gasteiger partial charge in [-0.2, -0.15) is 9.78 Å². The fourth-order valence-corrected chi connectivity index (χ4v) is 3.28. The standard InChI is InChI=1S/C26H30FN3O6/c1-26(2,3)22(31)15-36-23-13-20(29-30(23)21-8-6-5-7-18(21)27)25(34)28-19(14-24(32)33)16-9-11-17(35-4)12-10-16/h5-13,19,22,31H,14-15H2,1-4H3,(H,28,34)(H,32,33). The van der Waals surface area contributed by atoms with Crippen LogP contribution in [-0.4, -0.2) is 51.7 Å². The summed E-state index contributed by atoms with van der Waals surface area (Å²) in [6.07, 6.45) is -1.21. The zero-order chi connectivity index (χ0) is 26.5. The number of nitrogens with zero attached hydrogens (tertiary/aromatic N) is 2. The maximum atomic E-state index is 14.5. The first-order valence-corrected chi connectivity index (χ1v) is 11.3. The predicted molar refractivity (Wildman–Crippen MR) is 130 cm³/mol. The Morgan fingerprint density at radius 2 is 1.81 bits per heavy atom. The van der Waals surface area contributed by atoms with Crippen molar-refractivity contribution in [3.8, 4) is 17.3 Å². The Balaban J connectivity index is 1.91. The summed E-state index contributed by atoms with van der Waals surface area (Å²) < 4.78 is 26.6. The molecule has 2 aromatic carbocycles. The number of ether oxygens (including phenoxy) is 2. The Morgan fingerprint density at radius 1 is 1.14 bits per heavy atom. The van der Waals surface area contributed by atoms with Gasteiger partial charge in [-0.05, 0) is 35.2 Å². The SMILES string of the molecule is COc1ccc(C(CC(=O)O)NC(=O)c2cc(OCC(O)C(C)(C)C)n(-c3ccccc3F)n2)cc1. The fraction of sp³-hybridized carbons (Fsp3) is 0.346. The molecule has 3 N–H and O–H groups in total. The number of aliphatic hydroxyl groups is 1. The van der Waals surface area contributed by atoms with Gasteiger partial charge in [0.1, 0.15) is 23.9 Å². The van der Waals surface area contributed by atoms with E-state index in [0.29, 0.717) is 11.3 Å². The molecule has 3 aromatic rings. The van der Waals surface area contributed by atoms with Crippen LogP contribution >= 0.6 is 0 Å². The van der Waals surface area contributed by atoms with Crippen molar-refractivity contribution >= 4 is 11.9 Å². The molecule has 0 aliphatic carbocycles.